The molecule has 0 aromatic heterocycles. The Morgan fingerprint density at radius 1 is 1.10 bits per heavy atom. The number of benzene rings is 2. The van der Waals surface area contributed by atoms with Crippen molar-refractivity contribution in [3.05, 3.63) is 63.6 Å². The molecule has 0 spiro atoms. The second-order valence-corrected chi connectivity index (χ2v) is 12.2. The zero-order chi connectivity index (χ0) is 29.0. The van der Waals surface area contributed by atoms with Gasteiger partial charge in [-0.05, 0) is 55.2 Å². The fourth-order valence-corrected chi connectivity index (χ4v) is 5.88. The second kappa shape index (κ2) is 12.8. The number of amides is 2. The minimum Gasteiger partial charge on any atom is -0.352 e. The van der Waals surface area contributed by atoms with E-state index in [-0.39, 0.29) is 29.7 Å². The van der Waals surface area contributed by atoms with E-state index in [4.69, 9.17) is 23.2 Å². The molecule has 0 aliphatic heterocycles. The molecule has 1 aliphatic rings. The highest BCUT2D eigenvalue weighted by Gasteiger charge is 2.35. The molecule has 2 aromatic rings. The molecular weight excluding hydrogens is 578 g/mol. The zero-order valence-electron chi connectivity index (χ0n) is 21.5. The van der Waals surface area contributed by atoms with Crippen LogP contribution in [0.15, 0.2) is 42.5 Å². The molecule has 0 unspecified atom stereocenters. The lowest BCUT2D eigenvalue weighted by atomic mass is 10.1. The minimum absolute atomic E-state index is 0.0275. The van der Waals surface area contributed by atoms with E-state index in [1.165, 1.54) is 17.0 Å². The Morgan fingerprint density at radius 3 is 2.33 bits per heavy atom. The molecule has 7 nitrogen and oxygen atoms in total. The molecular formula is C26H30Cl2F3N3O4S. The Balaban J connectivity index is 1.98. The van der Waals surface area contributed by atoms with E-state index in [0.717, 1.165) is 44.1 Å². The van der Waals surface area contributed by atoms with Crippen LogP contribution in [0.2, 0.25) is 10.0 Å². The van der Waals surface area contributed by atoms with Crippen LogP contribution in [0.3, 0.4) is 0 Å². The summed E-state index contributed by atoms with van der Waals surface area (Å²) in [4.78, 5) is 28.2. The van der Waals surface area contributed by atoms with Crippen molar-refractivity contribution in [1.29, 1.82) is 0 Å². The van der Waals surface area contributed by atoms with E-state index in [2.05, 4.69) is 5.32 Å². The summed E-state index contributed by atoms with van der Waals surface area (Å²) >= 11 is 12.3. The van der Waals surface area contributed by atoms with Gasteiger partial charge in [-0.3, -0.25) is 13.9 Å². The van der Waals surface area contributed by atoms with Gasteiger partial charge in [-0.15, -0.1) is 0 Å². The molecule has 0 radical (unpaired) electrons. The maximum atomic E-state index is 13.7. The monoisotopic (exact) mass is 607 g/mol. The first-order chi connectivity index (χ1) is 18.2. The molecule has 1 fully saturated rings. The summed E-state index contributed by atoms with van der Waals surface area (Å²) in [5.41, 5.74) is -0.923. The van der Waals surface area contributed by atoms with Gasteiger partial charge in [0.25, 0.3) is 0 Å². The van der Waals surface area contributed by atoms with E-state index >= 15 is 0 Å². The van der Waals surface area contributed by atoms with Gasteiger partial charge in [-0.25, -0.2) is 8.42 Å². The number of alkyl halides is 3. The Labute approximate surface area is 236 Å². The van der Waals surface area contributed by atoms with Gasteiger partial charge >= 0.3 is 6.18 Å². The molecule has 3 rings (SSSR count). The van der Waals surface area contributed by atoms with Crippen molar-refractivity contribution >= 4 is 50.7 Å². The van der Waals surface area contributed by atoms with Gasteiger partial charge in [0.15, 0.2) is 0 Å². The van der Waals surface area contributed by atoms with Crippen LogP contribution in [0.5, 0.6) is 0 Å². The maximum absolute atomic E-state index is 13.7. The summed E-state index contributed by atoms with van der Waals surface area (Å²) in [5, 5.41) is 3.57. The van der Waals surface area contributed by atoms with E-state index < -0.39 is 46.2 Å². The number of nitrogens with zero attached hydrogens (tertiary/aromatic N) is 2. The van der Waals surface area contributed by atoms with Crippen molar-refractivity contribution in [3.8, 4) is 0 Å². The smallest absolute Gasteiger partial charge is 0.352 e. The van der Waals surface area contributed by atoms with Gasteiger partial charge in [0.1, 0.15) is 12.6 Å². The van der Waals surface area contributed by atoms with Gasteiger partial charge < -0.3 is 10.2 Å². The number of hydrogen-bond donors (Lipinski definition) is 1. The molecule has 13 heteroatoms. The second-order valence-electron chi connectivity index (χ2n) is 9.49. The molecule has 39 heavy (non-hydrogen) atoms. The summed E-state index contributed by atoms with van der Waals surface area (Å²) < 4.78 is 65.9. The van der Waals surface area contributed by atoms with Gasteiger partial charge in [-0.1, -0.05) is 55.1 Å². The van der Waals surface area contributed by atoms with Crippen molar-refractivity contribution in [1.82, 2.24) is 10.2 Å². The summed E-state index contributed by atoms with van der Waals surface area (Å²) in [7, 11) is -4.19. The van der Waals surface area contributed by atoms with Crippen LogP contribution in [-0.2, 0) is 32.3 Å². The van der Waals surface area contributed by atoms with E-state index in [0.29, 0.717) is 21.0 Å². The minimum atomic E-state index is -4.72. The zero-order valence-corrected chi connectivity index (χ0v) is 23.8. The van der Waals surface area contributed by atoms with Crippen molar-refractivity contribution in [3.63, 3.8) is 0 Å². The number of rotatable bonds is 10. The molecule has 2 amide bonds. The molecule has 1 aliphatic carbocycles. The predicted molar refractivity (Wildman–Crippen MR) is 145 cm³/mol. The van der Waals surface area contributed by atoms with Crippen molar-refractivity contribution in [2.75, 3.05) is 17.1 Å². The predicted octanol–water partition coefficient (Wildman–Crippen LogP) is 5.64. The highest BCUT2D eigenvalue weighted by Crippen LogP contribution is 2.32. The summed E-state index contributed by atoms with van der Waals surface area (Å²) in [6, 6.07) is 7.34. The molecule has 0 heterocycles. The van der Waals surface area contributed by atoms with Crippen molar-refractivity contribution in [2.24, 2.45) is 0 Å². The third-order valence-corrected chi connectivity index (χ3v) is 8.31. The first kappa shape index (κ1) is 31.0. The number of hydrogen-bond acceptors (Lipinski definition) is 4. The number of nitrogens with one attached hydrogen (secondary N) is 1. The SMILES string of the molecule is CC[C@@H](C(=O)NC1CCCC1)N(Cc1ccc(Cl)cc1Cl)C(=O)CN(c1cccc(C(F)(F)F)c1)S(C)(=O)=O. The Kier molecular flexibility index (Phi) is 10.2. The van der Waals surface area contributed by atoms with Crippen molar-refractivity contribution in [2.45, 2.75) is 63.8 Å². The third-order valence-electron chi connectivity index (χ3n) is 6.58. The normalized spacial score (nSPS) is 15.2. The van der Waals surface area contributed by atoms with Crippen LogP contribution in [0.1, 0.15) is 50.2 Å². The topological polar surface area (TPSA) is 86.8 Å². The quantitative estimate of drug-likeness (QED) is 0.378. The average molecular weight is 609 g/mol. The van der Waals surface area contributed by atoms with E-state index in [1.54, 1.807) is 19.1 Å². The molecule has 0 saturated heterocycles. The number of sulfonamides is 1. The van der Waals surface area contributed by atoms with Crippen LogP contribution < -0.4 is 9.62 Å². The van der Waals surface area contributed by atoms with Gasteiger partial charge in [-0.2, -0.15) is 13.2 Å². The molecule has 2 aromatic carbocycles. The van der Waals surface area contributed by atoms with Crippen LogP contribution in [0.4, 0.5) is 18.9 Å². The Morgan fingerprint density at radius 2 is 1.77 bits per heavy atom. The molecule has 1 saturated carbocycles. The Bertz CT molecular complexity index is 1300. The lowest BCUT2D eigenvalue weighted by molar-refractivity contribution is -0.140. The fraction of sp³-hybridized carbons (Fsp3) is 0.462. The number of halogens is 5. The average Bonchev–Trinajstić information content (AvgIpc) is 3.35. The molecule has 214 valence electrons. The first-order valence-electron chi connectivity index (χ1n) is 12.4. The molecule has 1 atom stereocenters. The molecule has 0 bridgehead atoms. The number of carbonyl (C=O) groups excluding carboxylic acids is 2. The summed E-state index contributed by atoms with van der Waals surface area (Å²) in [6.45, 7) is 0.744. The van der Waals surface area contributed by atoms with Crippen molar-refractivity contribution < 1.29 is 31.2 Å². The molecule has 1 N–H and O–H groups in total. The lowest BCUT2D eigenvalue weighted by Gasteiger charge is -2.33. The standard InChI is InChI=1S/C26H30Cl2F3N3O4S/c1-3-23(25(36)32-20-8-4-5-9-20)33(15-17-11-12-19(27)14-22(17)28)24(35)16-34(39(2,37)38)21-10-6-7-18(13-21)26(29,30)31/h6-7,10-14,20,23H,3-5,8-9,15-16H2,1-2H3,(H,32,36)/t23-/m0/s1. The van der Waals surface area contributed by atoms with Crippen LogP contribution in [0, 0.1) is 0 Å². The maximum Gasteiger partial charge on any atom is 0.416 e. The number of anilines is 1. The summed E-state index contributed by atoms with van der Waals surface area (Å²) in [6.07, 6.45) is -0.127. The fourth-order valence-electron chi connectivity index (χ4n) is 4.57. The first-order valence-corrected chi connectivity index (χ1v) is 15.0. The van der Waals surface area contributed by atoms with Crippen LogP contribution in [-0.4, -0.2) is 50.0 Å². The van der Waals surface area contributed by atoms with Gasteiger partial charge in [0.2, 0.25) is 21.8 Å². The summed E-state index contributed by atoms with van der Waals surface area (Å²) in [5.74, 6) is -1.18. The van der Waals surface area contributed by atoms with E-state index in [9.17, 15) is 31.2 Å². The van der Waals surface area contributed by atoms with Crippen LogP contribution >= 0.6 is 23.2 Å². The van der Waals surface area contributed by atoms with Gasteiger partial charge in [0.05, 0.1) is 17.5 Å². The van der Waals surface area contributed by atoms with E-state index in [1.807, 2.05) is 0 Å². The third kappa shape index (κ3) is 8.25. The van der Waals surface area contributed by atoms with Gasteiger partial charge in [0, 0.05) is 22.6 Å². The Hall–Kier alpha value is -2.50. The largest absolute Gasteiger partial charge is 0.416 e. The number of carbonyl (C=O) groups is 2. The lowest BCUT2D eigenvalue weighted by Crippen LogP contribution is -2.53. The highest BCUT2D eigenvalue weighted by atomic mass is 35.5. The van der Waals surface area contributed by atoms with Crippen LogP contribution in [0.25, 0.3) is 0 Å². The highest BCUT2D eigenvalue weighted by molar-refractivity contribution is 7.92.